The highest BCUT2D eigenvalue weighted by Crippen LogP contribution is 2.24. The van der Waals surface area contributed by atoms with Crippen LogP contribution in [0.15, 0.2) is 22.7 Å². The summed E-state index contributed by atoms with van der Waals surface area (Å²) < 4.78 is 15.9. The van der Waals surface area contributed by atoms with Gasteiger partial charge in [0.05, 0.1) is 6.54 Å². The zero-order chi connectivity index (χ0) is 13.2. The van der Waals surface area contributed by atoms with Crippen LogP contribution in [0.1, 0.15) is 24.5 Å². The fourth-order valence-corrected chi connectivity index (χ4v) is 2.80. The maximum Gasteiger partial charge on any atom is 0.152 e. The Morgan fingerprint density at radius 1 is 1.32 bits per heavy atom. The first-order valence-electron chi connectivity index (χ1n) is 6.34. The minimum Gasteiger partial charge on any atom is -0.377 e. The van der Waals surface area contributed by atoms with E-state index in [-0.39, 0.29) is 5.82 Å². The van der Waals surface area contributed by atoms with Gasteiger partial charge in [-0.25, -0.2) is 4.39 Å². The standard InChI is InChI=1S/C13H14BrFN4/c14-10-7-9(15)4-5-11(10)16-8-13-18-17-12-3-1-2-6-19(12)13/h4-5,7,16H,1-3,6,8H2. The van der Waals surface area contributed by atoms with Crippen LogP contribution in [0.3, 0.4) is 0 Å². The molecule has 0 bridgehead atoms. The Kier molecular flexibility index (Phi) is 3.50. The van der Waals surface area contributed by atoms with Crippen molar-refractivity contribution in [2.24, 2.45) is 0 Å². The topological polar surface area (TPSA) is 42.7 Å². The molecule has 0 spiro atoms. The van der Waals surface area contributed by atoms with Gasteiger partial charge in [-0.2, -0.15) is 0 Å². The molecule has 0 saturated heterocycles. The number of nitrogens with one attached hydrogen (secondary N) is 1. The Morgan fingerprint density at radius 3 is 3.05 bits per heavy atom. The van der Waals surface area contributed by atoms with Crippen LogP contribution in [-0.4, -0.2) is 14.8 Å². The van der Waals surface area contributed by atoms with Gasteiger partial charge < -0.3 is 9.88 Å². The summed E-state index contributed by atoms with van der Waals surface area (Å²) in [6.45, 7) is 1.58. The highest BCUT2D eigenvalue weighted by Gasteiger charge is 2.15. The number of rotatable bonds is 3. The average molecular weight is 325 g/mol. The fourth-order valence-electron chi connectivity index (χ4n) is 2.31. The molecule has 0 amide bonds. The van der Waals surface area contributed by atoms with Crippen LogP contribution in [0.4, 0.5) is 10.1 Å². The molecule has 0 fully saturated rings. The first kappa shape index (κ1) is 12.6. The zero-order valence-corrected chi connectivity index (χ0v) is 12.0. The molecule has 0 atom stereocenters. The summed E-state index contributed by atoms with van der Waals surface area (Å²) in [6, 6.07) is 4.60. The van der Waals surface area contributed by atoms with E-state index in [1.807, 2.05) is 0 Å². The van der Waals surface area contributed by atoms with Gasteiger partial charge in [-0.1, -0.05) is 0 Å². The van der Waals surface area contributed by atoms with E-state index in [4.69, 9.17) is 0 Å². The lowest BCUT2D eigenvalue weighted by Gasteiger charge is -2.15. The third-order valence-electron chi connectivity index (χ3n) is 3.30. The van der Waals surface area contributed by atoms with Gasteiger partial charge in [0.15, 0.2) is 5.82 Å². The maximum absolute atomic E-state index is 13.0. The van der Waals surface area contributed by atoms with Crippen LogP contribution >= 0.6 is 15.9 Å². The van der Waals surface area contributed by atoms with Crippen molar-refractivity contribution < 1.29 is 4.39 Å². The van der Waals surface area contributed by atoms with Gasteiger partial charge in [-0.05, 0) is 47.0 Å². The molecule has 1 aliphatic rings. The van der Waals surface area contributed by atoms with Gasteiger partial charge in [0, 0.05) is 23.1 Å². The monoisotopic (exact) mass is 324 g/mol. The van der Waals surface area contributed by atoms with Crippen LogP contribution in [-0.2, 0) is 19.5 Å². The molecule has 0 saturated carbocycles. The molecule has 2 heterocycles. The largest absolute Gasteiger partial charge is 0.377 e. The molecule has 4 nitrogen and oxygen atoms in total. The highest BCUT2D eigenvalue weighted by atomic mass is 79.9. The number of fused-ring (bicyclic) bond motifs is 1. The van der Waals surface area contributed by atoms with Crippen molar-refractivity contribution in [2.75, 3.05) is 5.32 Å². The number of aromatic nitrogens is 3. The van der Waals surface area contributed by atoms with Crippen molar-refractivity contribution in [1.29, 1.82) is 0 Å². The van der Waals surface area contributed by atoms with E-state index < -0.39 is 0 Å². The summed E-state index contributed by atoms with van der Waals surface area (Å²) in [4.78, 5) is 0. The lowest BCUT2D eigenvalue weighted by molar-refractivity contribution is 0.510. The van der Waals surface area contributed by atoms with E-state index in [1.165, 1.54) is 25.0 Å². The predicted molar refractivity (Wildman–Crippen MR) is 74.4 cm³/mol. The summed E-state index contributed by atoms with van der Waals surface area (Å²) in [5, 5.41) is 11.7. The lowest BCUT2D eigenvalue weighted by Crippen LogP contribution is -2.15. The number of anilines is 1. The van der Waals surface area contributed by atoms with Crippen molar-refractivity contribution in [3.05, 3.63) is 40.1 Å². The first-order valence-corrected chi connectivity index (χ1v) is 7.13. The second kappa shape index (κ2) is 5.28. The second-order valence-corrected chi connectivity index (χ2v) is 5.47. The number of halogens is 2. The molecule has 1 N–H and O–H groups in total. The third kappa shape index (κ3) is 2.63. The summed E-state index contributed by atoms with van der Waals surface area (Å²) in [5.74, 6) is 1.75. The molecule has 1 aliphatic heterocycles. The zero-order valence-electron chi connectivity index (χ0n) is 10.4. The molecule has 1 aromatic carbocycles. The Hall–Kier alpha value is -1.43. The Balaban J connectivity index is 1.74. The van der Waals surface area contributed by atoms with Crippen molar-refractivity contribution in [2.45, 2.75) is 32.4 Å². The molecular formula is C13H14BrFN4. The molecule has 19 heavy (non-hydrogen) atoms. The third-order valence-corrected chi connectivity index (χ3v) is 3.96. The average Bonchev–Trinajstić information content (AvgIpc) is 2.81. The molecule has 0 aliphatic carbocycles. The van der Waals surface area contributed by atoms with Crippen molar-refractivity contribution >= 4 is 21.6 Å². The Morgan fingerprint density at radius 2 is 2.21 bits per heavy atom. The van der Waals surface area contributed by atoms with Crippen LogP contribution in [0.2, 0.25) is 0 Å². The quantitative estimate of drug-likeness (QED) is 0.943. The van der Waals surface area contributed by atoms with E-state index in [0.29, 0.717) is 11.0 Å². The van der Waals surface area contributed by atoms with E-state index >= 15 is 0 Å². The molecular weight excluding hydrogens is 311 g/mol. The number of benzene rings is 1. The van der Waals surface area contributed by atoms with E-state index in [1.54, 1.807) is 6.07 Å². The van der Waals surface area contributed by atoms with Crippen molar-refractivity contribution in [1.82, 2.24) is 14.8 Å². The molecule has 0 radical (unpaired) electrons. The van der Waals surface area contributed by atoms with E-state index in [9.17, 15) is 4.39 Å². The van der Waals surface area contributed by atoms with E-state index in [2.05, 4.69) is 36.0 Å². The van der Waals surface area contributed by atoms with Gasteiger partial charge >= 0.3 is 0 Å². The number of hydrogen-bond donors (Lipinski definition) is 1. The van der Waals surface area contributed by atoms with Crippen molar-refractivity contribution in [3.63, 3.8) is 0 Å². The fraction of sp³-hybridized carbons (Fsp3) is 0.385. The van der Waals surface area contributed by atoms with Gasteiger partial charge in [0.1, 0.15) is 11.6 Å². The van der Waals surface area contributed by atoms with Gasteiger partial charge in [-0.3, -0.25) is 0 Å². The van der Waals surface area contributed by atoms with Gasteiger partial charge in [0.2, 0.25) is 0 Å². The molecule has 2 aromatic rings. The SMILES string of the molecule is Fc1ccc(NCc2nnc3n2CCCC3)c(Br)c1. The number of aryl methyl sites for hydroxylation is 1. The molecule has 3 rings (SSSR count). The number of hydrogen-bond acceptors (Lipinski definition) is 3. The summed E-state index contributed by atoms with van der Waals surface area (Å²) >= 11 is 3.34. The normalized spacial score (nSPS) is 14.2. The first-order chi connectivity index (χ1) is 9.24. The number of nitrogens with zero attached hydrogens (tertiary/aromatic N) is 3. The van der Waals surface area contributed by atoms with E-state index in [0.717, 1.165) is 30.3 Å². The second-order valence-electron chi connectivity index (χ2n) is 4.62. The van der Waals surface area contributed by atoms with Crippen LogP contribution in [0.5, 0.6) is 0 Å². The Bertz CT molecular complexity index is 596. The highest BCUT2D eigenvalue weighted by molar-refractivity contribution is 9.10. The summed E-state index contributed by atoms with van der Waals surface area (Å²) in [6.07, 6.45) is 3.38. The van der Waals surface area contributed by atoms with Gasteiger partial charge in [-0.15, -0.1) is 10.2 Å². The molecule has 0 unspecified atom stereocenters. The van der Waals surface area contributed by atoms with Crippen LogP contribution in [0.25, 0.3) is 0 Å². The minimum atomic E-state index is -0.253. The van der Waals surface area contributed by atoms with Crippen LogP contribution < -0.4 is 5.32 Å². The maximum atomic E-state index is 13.0. The molecule has 6 heteroatoms. The summed E-state index contributed by atoms with van der Waals surface area (Å²) in [7, 11) is 0. The van der Waals surface area contributed by atoms with Gasteiger partial charge in [0.25, 0.3) is 0 Å². The molecule has 100 valence electrons. The van der Waals surface area contributed by atoms with Crippen molar-refractivity contribution in [3.8, 4) is 0 Å². The Labute approximate surface area is 119 Å². The predicted octanol–water partition coefficient (Wildman–Crippen LogP) is 3.13. The molecule has 1 aromatic heterocycles. The lowest BCUT2D eigenvalue weighted by atomic mass is 10.2. The summed E-state index contributed by atoms with van der Waals surface area (Å²) in [5.41, 5.74) is 0.856. The minimum absolute atomic E-state index is 0.253. The van der Waals surface area contributed by atoms with Crippen LogP contribution in [0, 0.1) is 5.82 Å². The smallest absolute Gasteiger partial charge is 0.152 e.